The van der Waals surface area contributed by atoms with E-state index in [1.807, 2.05) is 25.1 Å². The van der Waals surface area contributed by atoms with E-state index < -0.39 is 12.0 Å². The van der Waals surface area contributed by atoms with Gasteiger partial charge in [0.1, 0.15) is 6.04 Å². The number of hydrogen-bond acceptors (Lipinski definition) is 2. The molecule has 0 aromatic heterocycles. The van der Waals surface area contributed by atoms with E-state index in [1.165, 1.54) is 5.56 Å². The van der Waals surface area contributed by atoms with Crippen molar-refractivity contribution in [1.82, 2.24) is 4.90 Å². The number of piperidine rings is 1. The van der Waals surface area contributed by atoms with Crippen LogP contribution in [0.2, 0.25) is 0 Å². The fraction of sp³-hybridized carbons (Fsp3) is 0.500. The van der Waals surface area contributed by atoms with Gasteiger partial charge in [-0.3, -0.25) is 4.79 Å². The van der Waals surface area contributed by atoms with Crippen molar-refractivity contribution >= 4 is 11.9 Å². The Morgan fingerprint density at radius 2 is 2.15 bits per heavy atom. The first-order valence-corrected chi connectivity index (χ1v) is 7.16. The standard InChI is InChI=1S/C16H21NO3/c1-12-5-4-6-13(11-12)8-9-15(18)17-10-3-2-7-14(17)16(19)20/h4-6,11,14H,2-3,7-10H2,1H3,(H,19,20)/t14-/m0/s1. The fourth-order valence-corrected chi connectivity index (χ4v) is 2.75. The Morgan fingerprint density at radius 1 is 1.35 bits per heavy atom. The van der Waals surface area contributed by atoms with Crippen LogP contribution < -0.4 is 0 Å². The molecule has 1 amide bonds. The predicted molar refractivity (Wildman–Crippen MR) is 76.5 cm³/mol. The van der Waals surface area contributed by atoms with Crippen LogP contribution in [0.3, 0.4) is 0 Å². The number of benzene rings is 1. The third-order valence-electron chi connectivity index (χ3n) is 3.82. The van der Waals surface area contributed by atoms with Gasteiger partial charge in [0.25, 0.3) is 0 Å². The molecular formula is C16H21NO3. The number of aryl methyl sites for hydroxylation is 2. The number of aliphatic carboxylic acids is 1. The summed E-state index contributed by atoms with van der Waals surface area (Å²) < 4.78 is 0. The molecule has 1 aromatic rings. The largest absolute Gasteiger partial charge is 0.480 e. The van der Waals surface area contributed by atoms with Crippen LogP contribution in [-0.2, 0) is 16.0 Å². The Labute approximate surface area is 119 Å². The maximum atomic E-state index is 12.2. The van der Waals surface area contributed by atoms with Gasteiger partial charge in [-0.15, -0.1) is 0 Å². The summed E-state index contributed by atoms with van der Waals surface area (Å²) in [6.07, 6.45) is 3.42. The predicted octanol–water partition coefficient (Wildman–Crippen LogP) is 2.39. The number of carbonyl (C=O) groups is 2. The lowest BCUT2D eigenvalue weighted by atomic mass is 10.0. The van der Waals surface area contributed by atoms with Crippen LogP contribution in [0.1, 0.15) is 36.8 Å². The highest BCUT2D eigenvalue weighted by atomic mass is 16.4. The van der Waals surface area contributed by atoms with Crippen molar-refractivity contribution in [3.8, 4) is 0 Å². The summed E-state index contributed by atoms with van der Waals surface area (Å²) in [5, 5.41) is 9.19. The van der Waals surface area contributed by atoms with E-state index in [4.69, 9.17) is 0 Å². The molecule has 1 fully saturated rings. The molecule has 1 aliphatic heterocycles. The van der Waals surface area contributed by atoms with Gasteiger partial charge in [0.05, 0.1) is 0 Å². The lowest BCUT2D eigenvalue weighted by molar-refractivity contribution is -0.152. The van der Waals surface area contributed by atoms with Gasteiger partial charge in [-0.2, -0.15) is 0 Å². The minimum Gasteiger partial charge on any atom is -0.480 e. The molecule has 1 atom stereocenters. The van der Waals surface area contributed by atoms with Gasteiger partial charge in [0, 0.05) is 13.0 Å². The van der Waals surface area contributed by atoms with Crippen molar-refractivity contribution in [2.24, 2.45) is 0 Å². The van der Waals surface area contributed by atoms with Gasteiger partial charge >= 0.3 is 5.97 Å². The molecule has 20 heavy (non-hydrogen) atoms. The zero-order valence-corrected chi connectivity index (χ0v) is 11.8. The lowest BCUT2D eigenvalue weighted by Gasteiger charge is -2.33. The first-order valence-electron chi connectivity index (χ1n) is 7.16. The van der Waals surface area contributed by atoms with Crippen LogP contribution in [-0.4, -0.2) is 34.5 Å². The summed E-state index contributed by atoms with van der Waals surface area (Å²) in [7, 11) is 0. The average Bonchev–Trinajstić information content (AvgIpc) is 2.45. The van der Waals surface area contributed by atoms with E-state index in [9.17, 15) is 14.7 Å². The van der Waals surface area contributed by atoms with Crippen LogP contribution in [0.4, 0.5) is 0 Å². The maximum Gasteiger partial charge on any atom is 0.326 e. The number of carboxylic acid groups (broad SMARTS) is 1. The minimum absolute atomic E-state index is 0.0430. The van der Waals surface area contributed by atoms with Crippen LogP contribution >= 0.6 is 0 Å². The summed E-state index contributed by atoms with van der Waals surface area (Å²) in [6.45, 7) is 2.60. The van der Waals surface area contributed by atoms with E-state index in [2.05, 4.69) is 6.07 Å². The highest BCUT2D eigenvalue weighted by molar-refractivity contribution is 5.84. The van der Waals surface area contributed by atoms with Crippen LogP contribution in [0.5, 0.6) is 0 Å². The van der Waals surface area contributed by atoms with Gasteiger partial charge in [0.15, 0.2) is 0 Å². The third-order valence-corrected chi connectivity index (χ3v) is 3.82. The van der Waals surface area contributed by atoms with Crippen molar-refractivity contribution in [2.75, 3.05) is 6.54 Å². The molecule has 0 bridgehead atoms. The second kappa shape index (κ2) is 6.55. The Hall–Kier alpha value is -1.84. The summed E-state index contributed by atoms with van der Waals surface area (Å²) in [6, 6.07) is 7.45. The molecule has 0 unspecified atom stereocenters. The molecule has 4 heteroatoms. The Bertz CT molecular complexity index is 498. The van der Waals surface area contributed by atoms with Gasteiger partial charge in [0.2, 0.25) is 5.91 Å². The summed E-state index contributed by atoms with van der Waals surface area (Å²) in [4.78, 5) is 25.0. The summed E-state index contributed by atoms with van der Waals surface area (Å²) >= 11 is 0. The number of likely N-dealkylation sites (tertiary alicyclic amines) is 1. The quantitative estimate of drug-likeness (QED) is 0.918. The molecule has 4 nitrogen and oxygen atoms in total. The van der Waals surface area contributed by atoms with Crippen LogP contribution in [0.25, 0.3) is 0 Å². The zero-order valence-electron chi connectivity index (χ0n) is 11.8. The minimum atomic E-state index is -0.881. The van der Waals surface area contributed by atoms with Gasteiger partial charge in [-0.25, -0.2) is 4.79 Å². The number of carboxylic acids is 1. The molecule has 1 saturated heterocycles. The fourth-order valence-electron chi connectivity index (χ4n) is 2.75. The normalized spacial score (nSPS) is 18.9. The second-order valence-electron chi connectivity index (χ2n) is 5.43. The molecule has 0 spiro atoms. The van der Waals surface area contributed by atoms with Gasteiger partial charge in [-0.1, -0.05) is 29.8 Å². The average molecular weight is 275 g/mol. The van der Waals surface area contributed by atoms with Crippen molar-refractivity contribution in [2.45, 2.75) is 45.1 Å². The molecule has 0 aliphatic carbocycles. The molecular weight excluding hydrogens is 254 g/mol. The van der Waals surface area contributed by atoms with E-state index in [1.54, 1.807) is 4.90 Å². The van der Waals surface area contributed by atoms with E-state index in [-0.39, 0.29) is 5.91 Å². The number of rotatable bonds is 4. The van der Waals surface area contributed by atoms with Crippen molar-refractivity contribution in [3.05, 3.63) is 35.4 Å². The Morgan fingerprint density at radius 3 is 2.85 bits per heavy atom. The van der Waals surface area contributed by atoms with Crippen molar-refractivity contribution < 1.29 is 14.7 Å². The highest BCUT2D eigenvalue weighted by Crippen LogP contribution is 2.19. The van der Waals surface area contributed by atoms with E-state index >= 15 is 0 Å². The monoisotopic (exact) mass is 275 g/mol. The van der Waals surface area contributed by atoms with Crippen molar-refractivity contribution in [3.63, 3.8) is 0 Å². The second-order valence-corrected chi connectivity index (χ2v) is 5.43. The SMILES string of the molecule is Cc1cccc(CCC(=O)N2CCCC[C@H]2C(=O)O)c1. The number of nitrogens with zero attached hydrogens (tertiary/aromatic N) is 1. The topological polar surface area (TPSA) is 57.6 Å². The summed E-state index contributed by atoms with van der Waals surface area (Å²) in [5.74, 6) is -0.924. The van der Waals surface area contributed by atoms with Crippen molar-refractivity contribution in [1.29, 1.82) is 0 Å². The molecule has 1 N–H and O–H groups in total. The molecule has 0 radical (unpaired) electrons. The molecule has 2 rings (SSSR count). The Kier molecular flexibility index (Phi) is 4.77. The summed E-state index contributed by atoms with van der Waals surface area (Å²) in [5.41, 5.74) is 2.30. The van der Waals surface area contributed by atoms with Gasteiger partial charge < -0.3 is 10.0 Å². The third kappa shape index (κ3) is 3.59. The molecule has 0 saturated carbocycles. The van der Waals surface area contributed by atoms with Gasteiger partial charge in [-0.05, 0) is 38.2 Å². The smallest absolute Gasteiger partial charge is 0.326 e. The molecule has 1 aliphatic rings. The number of hydrogen-bond donors (Lipinski definition) is 1. The molecule has 1 aromatic carbocycles. The first kappa shape index (κ1) is 14.6. The van der Waals surface area contributed by atoms with Crippen LogP contribution in [0.15, 0.2) is 24.3 Å². The molecule has 1 heterocycles. The maximum absolute atomic E-state index is 12.2. The van der Waals surface area contributed by atoms with E-state index in [0.29, 0.717) is 25.8 Å². The Balaban J connectivity index is 1.95. The molecule has 108 valence electrons. The van der Waals surface area contributed by atoms with Crippen LogP contribution in [0, 0.1) is 6.92 Å². The number of amides is 1. The van der Waals surface area contributed by atoms with E-state index in [0.717, 1.165) is 18.4 Å². The lowest BCUT2D eigenvalue weighted by Crippen LogP contribution is -2.48. The zero-order chi connectivity index (χ0) is 14.5. The highest BCUT2D eigenvalue weighted by Gasteiger charge is 2.31. The number of carbonyl (C=O) groups excluding carboxylic acids is 1. The first-order chi connectivity index (χ1) is 9.58.